The highest BCUT2D eigenvalue weighted by Gasteiger charge is 2.48. The molecule has 7 nitrogen and oxygen atoms in total. The lowest BCUT2D eigenvalue weighted by atomic mass is 9.93. The van der Waals surface area contributed by atoms with E-state index in [1.165, 1.54) is 12.0 Å². The standard InChI is InChI=1S/C12H20N2O5/c1-3-12(10(16)17)6-4-8-14(12)11(18)13-7-5-9(15)19-2/h3-8H2,1-2H3,(H,13,18)(H,16,17). The predicted molar refractivity (Wildman–Crippen MR) is 66.6 cm³/mol. The molecule has 0 aromatic heterocycles. The maximum absolute atomic E-state index is 12.0. The van der Waals surface area contributed by atoms with Crippen molar-refractivity contribution in [1.29, 1.82) is 0 Å². The second-order valence-corrected chi connectivity index (χ2v) is 4.50. The highest BCUT2D eigenvalue weighted by atomic mass is 16.5. The van der Waals surface area contributed by atoms with Gasteiger partial charge in [0.15, 0.2) is 0 Å². The number of rotatable bonds is 5. The molecule has 0 aliphatic carbocycles. The number of aliphatic carboxylic acids is 1. The van der Waals surface area contributed by atoms with Crippen molar-refractivity contribution >= 4 is 18.0 Å². The number of nitrogens with one attached hydrogen (secondary N) is 1. The fraction of sp³-hybridized carbons (Fsp3) is 0.750. The third-order valence-electron chi connectivity index (χ3n) is 3.55. The minimum Gasteiger partial charge on any atom is -0.479 e. The number of carbonyl (C=O) groups excluding carboxylic acids is 2. The van der Waals surface area contributed by atoms with Crippen LogP contribution in [0.3, 0.4) is 0 Å². The maximum atomic E-state index is 12.0. The molecule has 0 bridgehead atoms. The molecular weight excluding hydrogens is 252 g/mol. The van der Waals surface area contributed by atoms with Gasteiger partial charge in [-0.3, -0.25) is 4.79 Å². The van der Waals surface area contributed by atoms with E-state index in [1.54, 1.807) is 6.92 Å². The van der Waals surface area contributed by atoms with Crippen molar-refractivity contribution in [2.24, 2.45) is 0 Å². The Bertz CT molecular complexity index is 371. The third-order valence-corrected chi connectivity index (χ3v) is 3.55. The molecule has 0 aromatic rings. The Kier molecular flexibility index (Phi) is 5.14. The fourth-order valence-corrected chi connectivity index (χ4v) is 2.38. The Balaban J connectivity index is 2.60. The summed E-state index contributed by atoms with van der Waals surface area (Å²) in [4.78, 5) is 35.7. The summed E-state index contributed by atoms with van der Waals surface area (Å²) < 4.78 is 4.46. The third kappa shape index (κ3) is 3.15. The van der Waals surface area contributed by atoms with Crippen LogP contribution < -0.4 is 5.32 Å². The minimum atomic E-state index is -1.12. The fourth-order valence-electron chi connectivity index (χ4n) is 2.38. The van der Waals surface area contributed by atoms with E-state index in [0.29, 0.717) is 25.8 Å². The Hall–Kier alpha value is -1.79. The zero-order chi connectivity index (χ0) is 14.5. The van der Waals surface area contributed by atoms with Crippen LogP contribution in [0.1, 0.15) is 32.6 Å². The molecule has 0 radical (unpaired) electrons. The number of methoxy groups -OCH3 is 1. The van der Waals surface area contributed by atoms with Gasteiger partial charge in [0.1, 0.15) is 5.54 Å². The average molecular weight is 272 g/mol. The van der Waals surface area contributed by atoms with Gasteiger partial charge in [-0.25, -0.2) is 9.59 Å². The van der Waals surface area contributed by atoms with Gasteiger partial charge in [0, 0.05) is 13.1 Å². The molecule has 1 aliphatic heterocycles. The van der Waals surface area contributed by atoms with E-state index in [4.69, 9.17) is 0 Å². The van der Waals surface area contributed by atoms with Gasteiger partial charge in [0.2, 0.25) is 0 Å². The number of likely N-dealkylation sites (tertiary alicyclic amines) is 1. The molecule has 1 fully saturated rings. The summed E-state index contributed by atoms with van der Waals surface area (Å²) in [5.41, 5.74) is -1.12. The monoisotopic (exact) mass is 272 g/mol. The van der Waals surface area contributed by atoms with Gasteiger partial charge < -0.3 is 20.1 Å². The lowest BCUT2D eigenvalue weighted by Gasteiger charge is -2.33. The minimum absolute atomic E-state index is 0.0717. The number of carboxylic acids is 1. The van der Waals surface area contributed by atoms with E-state index in [-0.39, 0.29) is 13.0 Å². The number of nitrogens with zero attached hydrogens (tertiary/aromatic N) is 1. The molecule has 0 aromatic carbocycles. The summed E-state index contributed by atoms with van der Waals surface area (Å²) in [5.74, 6) is -1.39. The lowest BCUT2D eigenvalue weighted by Crippen LogP contribution is -2.55. The van der Waals surface area contributed by atoms with Crippen molar-refractivity contribution in [3.63, 3.8) is 0 Å². The van der Waals surface area contributed by atoms with Crippen LogP contribution in [-0.4, -0.2) is 53.7 Å². The van der Waals surface area contributed by atoms with Gasteiger partial charge in [-0.2, -0.15) is 0 Å². The van der Waals surface area contributed by atoms with E-state index < -0.39 is 23.5 Å². The van der Waals surface area contributed by atoms with Crippen molar-refractivity contribution in [2.45, 2.75) is 38.1 Å². The van der Waals surface area contributed by atoms with E-state index in [9.17, 15) is 19.5 Å². The Morgan fingerprint density at radius 3 is 2.63 bits per heavy atom. The summed E-state index contributed by atoms with van der Waals surface area (Å²) in [6.45, 7) is 2.32. The van der Waals surface area contributed by atoms with Crippen molar-refractivity contribution in [3.05, 3.63) is 0 Å². The first-order chi connectivity index (χ1) is 8.97. The van der Waals surface area contributed by atoms with Crippen LogP contribution in [0.2, 0.25) is 0 Å². The molecule has 7 heteroatoms. The molecule has 0 saturated carbocycles. The largest absolute Gasteiger partial charge is 0.479 e. The molecule has 2 amide bonds. The molecule has 19 heavy (non-hydrogen) atoms. The molecule has 1 aliphatic rings. The zero-order valence-corrected chi connectivity index (χ0v) is 11.3. The molecule has 1 heterocycles. The first-order valence-electron chi connectivity index (χ1n) is 6.33. The second kappa shape index (κ2) is 6.40. The molecule has 2 N–H and O–H groups in total. The number of ether oxygens (including phenoxy) is 1. The van der Waals surface area contributed by atoms with Gasteiger partial charge in [0.25, 0.3) is 0 Å². The van der Waals surface area contributed by atoms with Crippen LogP contribution in [0.25, 0.3) is 0 Å². The van der Waals surface area contributed by atoms with Crippen LogP contribution in [0.4, 0.5) is 4.79 Å². The molecular formula is C12H20N2O5. The van der Waals surface area contributed by atoms with Crippen LogP contribution in [-0.2, 0) is 14.3 Å². The summed E-state index contributed by atoms with van der Waals surface area (Å²) >= 11 is 0. The zero-order valence-electron chi connectivity index (χ0n) is 11.3. The van der Waals surface area contributed by atoms with Crippen molar-refractivity contribution in [1.82, 2.24) is 10.2 Å². The first-order valence-corrected chi connectivity index (χ1v) is 6.33. The topological polar surface area (TPSA) is 95.9 Å². The van der Waals surface area contributed by atoms with Crippen molar-refractivity contribution in [3.8, 4) is 0 Å². The summed E-state index contributed by atoms with van der Waals surface area (Å²) in [5, 5.41) is 11.9. The first kappa shape index (κ1) is 15.3. The van der Waals surface area contributed by atoms with E-state index in [0.717, 1.165) is 0 Å². The normalized spacial score (nSPS) is 22.1. The van der Waals surface area contributed by atoms with Gasteiger partial charge in [-0.05, 0) is 19.3 Å². The van der Waals surface area contributed by atoms with E-state index in [2.05, 4.69) is 10.1 Å². The number of hydrogen-bond donors (Lipinski definition) is 2. The maximum Gasteiger partial charge on any atom is 0.329 e. The molecule has 1 unspecified atom stereocenters. The molecule has 1 saturated heterocycles. The number of amides is 2. The lowest BCUT2D eigenvalue weighted by molar-refractivity contribution is -0.148. The highest BCUT2D eigenvalue weighted by molar-refractivity contribution is 5.87. The number of carbonyl (C=O) groups is 3. The van der Waals surface area contributed by atoms with Crippen LogP contribution >= 0.6 is 0 Å². The van der Waals surface area contributed by atoms with Crippen LogP contribution in [0.5, 0.6) is 0 Å². The van der Waals surface area contributed by atoms with Crippen molar-refractivity contribution < 1.29 is 24.2 Å². The Morgan fingerprint density at radius 1 is 1.42 bits per heavy atom. The van der Waals surface area contributed by atoms with Gasteiger partial charge in [-0.15, -0.1) is 0 Å². The van der Waals surface area contributed by atoms with Crippen LogP contribution in [0.15, 0.2) is 0 Å². The molecule has 0 spiro atoms. The van der Waals surface area contributed by atoms with Crippen LogP contribution in [0, 0.1) is 0 Å². The van der Waals surface area contributed by atoms with Gasteiger partial charge in [-0.1, -0.05) is 6.92 Å². The number of esters is 1. The van der Waals surface area contributed by atoms with E-state index >= 15 is 0 Å². The highest BCUT2D eigenvalue weighted by Crippen LogP contribution is 2.32. The van der Waals surface area contributed by atoms with Gasteiger partial charge >= 0.3 is 18.0 Å². The average Bonchev–Trinajstić information content (AvgIpc) is 2.83. The quantitative estimate of drug-likeness (QED) is 0.714. The number of carboxylic acid groups (broad SMARTS) is 1. The second-order valence-electron chi connectivity index (χ2n) is 4.50. The summed E-state index contributed by atoms with van der Waals surface area (Å²) in [6.07, 6.45) is 1.57. The number of hydrogen-bond acceptors (Lipinski definition) is 4. The summed E-state index contributed by atoms with van der Waals surface area (Å²) in [7, 11) is 1.27. The van der Waals surface area contributed by atoms with Gasteiger partial charge in [0.05, 0.1) is 13.5 Å². The summed E-state index contributed by atoms with van der Waals surface area (Å²) in [6, 6.07) is -0.439. The number of urea groups is 1. The van der Waals surface area contributed by atoms with E-state index in [1.807, 2.05) is 0 Å². The molecule has 1 rings (SSSR count). The predicted octanol–water partition coefficient (Wildman–Crippen LogP) is 0.588. The smallest absolute Gasteiger partial charge is 0.329 e. The molecule has 108 valence electrons. The SMILES string of the molecule is CCC1(C(=O)O)CCCN1C(=O)NCCC(=O)OC. The molecule has 1 atom stereocenters. The Labute approximate surface area is 111 Å². The van der Waals surface area contributed by atoms with Crippen molar-refractivity contribution in [2.75, 3.05) is 20.2 Å². The Morgan fingerprint density at radius 2 is 2.11 bits per heavy atom.